The summed E-state index contributed by atoms with van der Waals surface area (Å²) < 4.78 is 1.84. The molecule has 21 heavy (non-hydrogen) atoms. The molecular weight excluding hydrogens is 339 g/mol. The minimum atomic E-state index is -0.923. The van der Waals surface area contributed by atoms with Gasteiger partial charge in [0.15, 0.2) is 0 Å². The summed E-state index contributed by atoms with van der Waals surface area (Å²) in [5, 5.41) is 10.3. The largest absolute Gasteiger partial charge is 0.465 e. The van der Waals surface area contributed by atoms with E-state index in [0.29, 0.717) is 29.1 Å². The fourth-order valence-corrected chi connectivity index (χ4v) is 3.47. The third-order valence-electron chi connectivity index (χ3n) is 3.61. The van der Waals surface area contributed by atoms with E-state index in [-0.39, 0.29) is 16.5 Å². The topological polar surface area (TPSA) is 71.2 Å². The number of rotatable bonds is 1. The van der Waals surface area contributed by atoms with Gasteiger partial charge in [-0.2, -0.15) is 4.98 Å². The molecule has 1 fully saturated rings. The highest BCUT2D eigenvalue weighted by molar-refractivity contribution is 6.42. The second-order valence-electron chi connectivity index (χ2n) is 4.89. The van der Waals surface area contributed by atoms with Crippen molar-refractivity contribution in [1.82, 2.24) is 19.4 Å². The molecule has 1 saturated heterocycles. The molecule has 1 atom stereocenters. The van der Waals surface area contributed by atoms with E-state index < -0.39 is 6.09 Å². The lowest BCUT2D eigenvalue weighted by molar-refractivity contribution is 0.122. The van der Waals surface area contributed by atoms with Crippen molar-refractivity contribution in [2.45, 2.75) is 18.9 Å². The Bertz CT molecular complexity index is 718. The molecule has 2 aromatic rings. The molecule has 2 aromatic heterocycles. The summed E-state index contributed by atoms with van der Waals surface area (Å²) in [5.41, 5.74) is 0.530. The fraction of sp³-hybridized carbons (Fsp3) is 0.417. The Labute approximate surface area is 135 Å². The molecule has 0 spiro atoms. The summed E-state index contributed by atoms with van der Waals surface area (Å²) in [6, 6.07) is -0.0492. The minimum absolute atomic E-state index is 0.0365. The third kappa shape index (κ3) is 2.63. The lowest BCUT2D eigenvalue weighted by Crippen LogP contribution is -2.39. The van der Waals surface area contributed by atoms with Crippen molar-refractivity contribution >= 4 is 51.9 Å². The Morgan fingerprint density at radius 3 is 2.81 bits per heavy atom. The first-order valence-corrected chi connectivity index (χ1v) is 7.47. The summed E-state index contributed by atoms with van der Waals surface area (Å²) in [6.07, 6.45) is 2.40. The first kappa shape index (κ1) is 14.7. The molecular formula is C12H11Cl3N4O2. The van der Waals surface area contributed by atoms with Gasteiger partial charge in [0.1, 0.15) is 10.8 Å². The first-order valence-electron chi connectivity index (χ1n) is 6.34. The van der Waals surface area contributed by atoms with Crippen LogP contribution in [0.5, 0.6) is 0 Å². The van der Waals surface area contributed by atoms with Crippen molar-refractivity contribution in [3.8, 4) is 0 Å². The van der Waals surface area contributed by atoms with E-state index in [1.165, 1.54) is 4.90 Å². The van der Waals surface area contributed by atoms with Crippen LogP contribution < -0.4 is 0 Å². The van der Waals surface area contributed by atoms with E-state index in [2.05, 4.69) is 9.97 Å². The summed E-state index contributed by atoms with van der Waals surface area (Å²) in [5.74, 6) is 0. The van der Waals surface area contributed by atoms with Crippen LogP contribution in [0.1, 0.15) is 18.9 Å². The first-order chi connectivity index (χ1) is 9.97. The summed E-state index contributed by atoms with van der Waals surface area (Å²) in [4.78, 5) is 20.6. The molecule has 0 aliphatic carbocycles. The highest BCUT2D eigenvalue weighted by atomic mass is 35.5. The molecule has 1 amide bonds. The Morgan fingerprint density at radius 1 is 1.33 bits per heavy atom. The molecule has 0 aromatic carbocycles. The Kier molecular flexibility index (Phi) is 3.86. The standard InChI is InChI=1S/C12H11Cl3N4O2/c13-7-5-19(6-2-1-3-18(4-6)12(20)21)10-8(7)9(14)16-11(15)17-10/h5-6H,1-4H2,(H,20,21)/t6-/m1/s1. The molecule has 0 radical (unpaired) electrons. The van der Waals surface area contributed by atoms with Crippen LogP contribution in [-0.4, -0.2) is 43.7 Å². The number of likely N-dealkylation sites (tertiary alicyclic amines) is 1. The number of aromatic nitrogens is 3. The van der Waals surface area contributed by atoms with Crippen LogP contribution in [0.15, 0.2) is 6.20 Å². The van der Waals surface area contributed by atoms with Crippen molar-refractivity contribution < 1.29 is 9.90 Å². The SMILES string of the molecule is O=C(O)N1CCC[C@@H](n2cc(Cl)c3c(Cl)nc(Cl)nc32)C1. The lowest BCUT2D eigenvalue weighted by Gasteiger charge is -2.31. The van der Waals surface area contributed by atoms with E-state index in [0.717, 1.165) is 12.8 Å². The summed E-state index contributed by atoms with van der Waals surface area (Å²) >= 11 is 18.1. The van der Waals surface area contributed by atoms with Crippen LogP contribution in [0.3, 0.4) is 0 Å². The highest BCUT2D eigenvalue weighted by Gasteiger charge is 2.27. The Hall–Kier alpha value is -1.24. The van der Waals surface area contributed by atoms with Gasteiger partial charge in [0.2, 0.25) is 5.28 Å². The second kappa shape index (κ2) is 5.51. The molecule has 1 aliphatic heterocycles. The van der Waals surface area contributed by atoms with E-state index in [1.807, 2.05) is 4.57 Å². The van der Waals surface area contributed by atoms with Crippen molar-refractivity contribution in [1.29, 1.82) is 0 Å². The molecule has 0 unspecified atom stereocenters. The molecule has 6 nitrogen and oxygen atoms in total. The lowest BCUT2D eigenvalue weighted by atomic mass is 10.1. The number of amides is 1. The highest BCUT2D eigenvalue weighted by Crippen LogP contribution is 2.34. The smallest absolute Gasteiger partial charge is 0.407 e. The number of halogens is 3. The van der Waals surface area contributed by atoms with Crippen LogP contribution in [-0.2, 0) is 0 Å². The van der Waals surface area contributed by atoms with Gasteiger partial charge in [-0.1, -0.05) is 23.2 Å². The number of fused-ring (bicyclic) bond motifs is 1. The number of hydrogen-bond donors (Lipinski definition) is 1. The van der Waals surface area contributed by atoms with Gasteiger partial charge >= 0.3 is 6.09 Å². The monoisotopic (exact) mass is 348 g/mol. The molecule has 9 heteroatoms. The average Bonchev–Trinajstić information content (AvgIpc) is 2.76. The molecule has 3 heterocycles. The van der Waals surface area contributed by atoms with E-state index in [9.17, 15) is 4.79 Å². The number of nitrogens with zero attached hydrogens (tertiary/aromatic N) is 4. The molecule has 1 N–H and O–H groups in total. The van der Waals surface area contributed by atoms with Gasteiger partial charge in [-0.15, -0.1) is 0 Å². The van der Waals surface area contributed by atoms with Gasteiger partial charge in [-0.3, -0.25) is 0 Å². The maximum absolute atomic E-state index is 11.1. The number of carbonyl (C=O) groups is 1. The molecule has 1 aliphatic rings. The maximum Gasteiger partial charge on any atom is 0.407 e. The van der Waals surface area contributed by atoms with Crippen molar-refractivity contribution in [2.24, 2.45) is 0 Å². The van der Waals surface area contributed by atoms with E-state index in [4.69, 9.17) is 39.9 Å². The van der Waals surface area contributed by atoms with Gasteiger partial charge in [0.05, 0.1) is 16.5 Å². The van der Waals surface area contributed by atoms with Crippen LogP contribution >= 0.6 is 34.8 Å². The zero-order chi connectivity index (χ0) is 15.1. The number of carboxylic acid groups (broad SMARTS) is 1. The molecule has 112 valence electrons. The zero-order valence-corrected chi connectivity index (χ0v) is 13.0. The summed E-state index contributed by atoms with van der Waals surface area (Å²) in [7, 11) is 0. The Morgan fingerprint density at radius 2 is 2.10 bits per heavy atom. The summed E-state index contributed by atoms with van der Waals surface area (Å²) in [6.45, 7) is 0.921. The normalized spacial score (nSPS) is 19.2. The van der Waals surface area contributed by atoms with Gasteiger partial charge in [0.25, 0.3) is 0 Å². The zero-order valence-electron chi connectivity index (χ0n) is 10.8. The predicted molar refractivity (Wildman–Crippen MR) is 80.4 cm³/mol. The molecule has 0 saturated carbocycles. The van der Waals surface area contributed by atoms with Gasteiger partial charge < -0.3 is 14.6 Å². The second-order valence-corrected chi connectivity index (χ2v) is 5.99. The van der Waals surface area contributed by atoms with Crippen molar-refractivity contribution in [3.05, 3.63) is 21.7 Å². The van der Waals surface area contributed by atoms with Gasteiger partial charge in [-0.05, 0) is 24.4 Å². The van der Waals surface area contributed by atoms with Crippen LogP contribution in [0.25, 0.3) is 11.0 Å². The minimum Gasteiger partial charge on any atom is -0.465 e. The van der Waals surface area contributed by atoms with Crippen molar-refractivity contribution in [2.75, 3.05) is 13.1 Å². The number of hydrogen-bond acceptors (Lipinski definition) is 3. The quantitative estimate of drug-likeness (QED) is 0.629. The van der Waals surface area contributed by atoms with Crippen LogP contribution in [0.2, 0.25) is 15.5 Å². The Balaban J connectivity index is 2.06. The molecule has 3 rings (SSSR count). The van der Waals surface area contributed by atoms with E-state index >= 15 is 0 Å². The molecule has 0 bridgehead atoms. The van der Waals surface area contributed by atoms with Crippen LogP contribution in [0.4, 0.5) is 4.79 Å². The third-order valence-corrected chi connectivity index (χ3v) is 4.34. The van der Waals surface area contributed by atoms with E-state index in [1.54, 1.807) is 6.20 Å². The van der Waals surface area contributed by atoms with Crippen molar-refractivity contribution in [3.63, 3.8) is 0 Å². The van der Waals surface area contributed by atoms with Crippen LogP contribution in [0, 0.1) is 0 Å². The fourth-order valence-electron chi connectivity index (χ4n) is 2.67. The van der Waals surface area contributed by atoms with Gasteiger partial charge in [0, 0.05) is 19.3 Å². The van der Waals surface area contributed by atoms with Gasteiger partial charge in [-0.25, -0.2) is 9.78 Å². The average molecular weight is 350 g/mol. The number of piperidine rings is 1. The predicted octanol–water partition coefficient (Wildman–Crippen LogP) is 3.71. The maximum atomic E-state index is 11.1.